The molecule has 1 amide bonds. The highest BCUT2D eigenvalue weighted by Gasteiger charge is 2.21. The minimum Gasteiger partial charge on any atom is -0.494 e. The molecule has 1 aliphatic heterocycles. The summed E-state index contributed by atoms with van der Waals surface area (Å²) in [5, 5.41) is 12.3. The molecule has 43 heavy (non-hydrogen) atoms. The number of hydrogen-bond acceptors (Lipinski definition) is 6. The van der Waals surface area contributed by atoms with Crippen molar-refractivity contribution in [1.29, 1.82) is 0 Å². The summed E-state index contributed by atoms with van der Waals surface area (Å²) in [6, 6.07) is 23.4. The molecule has 3 aromatic rings. The molecule has 0 spiro atoms. The summed E-state index contributed by atoms with van der Waals surface area (Å²) in [7, 11) is 0. The lowest BCUT2D eigenvalue weighted by atomic mass is 10.0. The number of carboxylic acid groups (broad SMARTS) is 1. The number of aliphatic carboxylic acids is 1. The normalized spacial score (nSPS) is 13.0. The second-order valence-electron chi connectivity index (χ2n) is 9.82. The van der Waals surface area contributed by atoms with E-state index in [1.165, 1.54) is 11.8 Å². The van der Waals surface area contributed by atoms with Crippen molar-refractivity contribution in [3.8, 4) is 11.5 Å². The number of carbonyl (C=O) groups is 2. The van der Waals surface area contributed by atoms with Gasteiger partial charge in [-0.05, 0) is 67.5 Å². The first-order valence-corrected chi connectivity index (χ1v) is 15.0. The van der Waals surface area contributed by atoms with E-state index in [0.29, 0.717) is 31.1 Å². The van der Waals surface area contributed by atoms with Crippen LogP contribution in [0, 0.1) is 0 Å². The average molecular weight is 598 g/mol. The molecule has 0 fully saturated rings. The first kappa shape index (κ1) is 31.3. The minimum atomic E-state index is -1.09. The van der Waals surface area contributed by atoms with Gasteiger partial charge in [-0.15, -0.1) is 11.8 Å². The Morgan fingerprint density at radius 1 is 1.00 bits per heavy atom. The van der Waals surface area contributed by atoms with E-state index < -0.39 is 12.0 Å². The third-order valence-electron chi connectivity index (χ3n) is 6.44. The summed E-state index contributed by atoms with van der Waals surface area (Å²) in [4.78, 5) is 25.2. The zero-order valence-corrected chi connectivity index (χ0v) is 25.1. The summed E-state index contributed by atoms with van der Waals surface area (Å²) >= 11 is 1.34. The SMILES string of the molecule is C=C(C)C1=C(CCOc2ccc(CC(NC(=O)CSc3ccc(OCC)cc3)C(=O)O)cc2)C=C=C(c2ccccc2)O1. The van der Waals surface area contributed by atoms with Gasteiger partial charge in [0.2, 0.25) is 5.91 Å². The Balaban J connectivity index is 1.27. The summed E-state index contributed by atoms with van der Waals surface area (Å²) < 4.78 is 17.5. The van der Waals surface area contributed by atoms with Crippen LogP contribution in [0.4, 0.5) is 0 Å². The lowest BCUT2D eigenvalue weighted by Gasteiger charge is -2.19. The van der Waals surface area contributed by atoms with Crippen molar-refractivity contribution in [3.63, 3.8) is 0 Å². The van der Waals surface area contributed by atoms with E-state index in [1.54, 1.807) is 12.1 Å². The maximum Gasteiger partial charge on any atom is 0.326 e. The van der Waals surface area contributed by atoms with Crippen molar-refractivity contribution in [2.45, 2.75) is 37.6 Å². The largest absolute Gasteiger partial charge is 0.494 e. The Labute approximate surface area is 256 Å². The van der Waals surface area contributed by atoms with Gasteiger partial charge in [-0.3, -0.25) is 4.79 Å². The van der Waals surface area contributed by atoms with Crippen LogP contribution in [0.15, 0.2) is 119 Å². The lowest BCUT2D eigenvalue weighted by molar-refractivity contribution is -0.141. The fourth-order valence-corrected chi connectivity index (χ4v) is 5.02. The topological polar surface area (TPSA) is 94.1 Å². The van der Waals surface area contributed by atoms with Gasteiger partial charge < -0.3 is 24.6 Å². The van der Waals surface area contributed by atoms with Crippen LogP contribution in [0.2, 0.25) is 0 Å². The fraction of sp³-hybridized carbons (Fsp3) is 0.229. The van der Waals surface area contributed by atoms with Crippen molar-refractivity contribution in [2.75, 3.05) is 19.0 Å². The predicted octanol–water partition coefficient (Wildman–Crippen LogP) is 6.82. The Morgan fingerprint density at radius 2 is 1.67 bits per heavy atom. The molecule has 1 unspecified atom stereocenters. The Morgan fingerprint density at radius 3 is 2.33 bits per heavy atom. The number of thioether (sulfide) groups is 1. The van der Waals surface area contributed by atoms with E-state index in [0.717, 1.165) is 38.7 Å². The van der Waals surface area contributed by atoms with E-state index in [2.05, 4.69) is 17.6 Å². The van der Waals surface area contributed by atoms with Crippen LogP contribution in [0.1, 0.15) is 31.4 Å². The fourth-order valence-electron chi connectivity index (χ4n) is 4.31. The maximum atomic E-state index is 12.5. The van der Waals surface area contributed by atoms with Gasteiger partial charge in [0.1, 0.15) is 23.3 Å². The molecule has 1 atom stereocenters. The molecular formula is C35H35NO6S. The Bertz CT molecular complexity index is 1520. The molecular weight excluding hydrogens is 562 g/mol. The van der Waals surface area contributed by atoms with Crippen molar-refractivity contribution < 1.29 is 28.9 Å². The molecule has 0 aromatic heterocycles. The van der Waals surface area contributed by atoms with Gasteiger partial charge in [-0.25, -0.2) is 4.79 Å². The van der Waals surface area contributed by atoms with Crippen LogP contribution in [0.25, 0.3) is 5.76 Å². The van der Waals surface area contributed by atoms with Crippen molar-refractivity contribution >= 4 is 29.4 Å². The minimum absolute atomic E-state index is 0.109. The zero-order chi connectivity index (χ0) is 30.6. The summed E-state index contributed by atoms with van der Waals surface area (Å²) in [6.45, 7) is 8.88. The number of nitrogens with one attached hydrogen (secondary N) is 1. The number of hydrogen-bond donors (Lipinski definition) is 2. The van der Waals surface area contributed by atoms with Crippen LogP contribution >= 0.6 is 11.8 Å². The Hall–Kier alpha value is -4.65. The molecule has 4 rings (SSSR count). The summed E-state index contributed by atoms with van der Waals surface area (Å²) in [5.41, 5.74) is 6.71. The summed E-state index contributed by atoms with van der Waals surface area (Å²) in [6.07, 6.45) is 2.67. The molecule has 1 aliphatic rings. The maximum absolute atomic E-state index is 12.5. The van der Waals surface area contributed by atoms with Crippen LogP contribution in [0.5, 0.6) is 11.5 Å². The zero-order valence-electron chi connectivity index (χ0n) is 24.3. The van der Waals surface area contributed by atoms with Crippen molar-refractivity contribution in [3.05, 3.63) is 125 Å². The molecule has 7 nitrogen and oxygen atoms in total. The molecule has 222 valence electrons. The molecule has 0 bridgehead atoms. The highest BCUT2D eigenvalue weighted by Crippen LogP contribution is 2.29. The van der Waals surface area contributed by atoms with Gasteiger partial charge in [0.15, 0.2) is 5.76 Å². The van der Waals surface area contributed by atoms with Crippen LogP contribution in [-0.2, 0) is 20.7 Å². The molecule has 3 aromatic carbocycles. The monoisotopic (exact) mass is 597 g/mol. The number of rotatable bonds is 15. The predicted molar refractivity (Wildman–Crippen MR) is 169 cm³/mol. The number of benzene rings is 3. The number of allylic oxidation sites excluding steroid dienone is 2. The molecule has 8 heteroatoms. The highest BCUT2D eigenvalue weighted by molar-refractivity contribution is 8.00. The third-order valence-corrected chi connectivity index (χ3v) is 7.45. The molecule has 0 saturated heterocycles. The molecule has 0 saturated carbocycles. The first-order chi connectivity index (χ1) is 20.8. The average Bonchev–Trinajstić information content (AvgIpc) is 3.02. The summed E-state index contributed by atoms with van der Waals surface area (Å²) in [5.74, 6) is 1.47. The molecule has 1 heterocycles. The van der Waals surface area contributed by atoms with Gasteiger partial charge in [-0.2, -0.15) is 0 Å². The number of carboxylic acids is 1. The number of amides is 1. The van der Waals surface area contributed by atoms with Gasteiger partial charge in [0, 0.05) is 28.9 Å². The van der Waals surface area contributed by atoms with Gasteiger partial charge in [-0.1, -0.05) is 54.8 Å². The van der Waals surface area contributed by atoms with E-state index in [4.69, 9.17) is 14.2 Å². The van der Waals surface area contributed by atoms with Gasteiger partial charge >= 0.3 is 5.97 Å². The van der Waals surface area contributed by atoms with Gasteiger partial charge in [0.05, 0.1) is 19.0 Å². The van der Waals surface area contributed by atoms with Crippen molar-refractivity contribution in [2.24, 2.45) is 0 Å². The molecule has 0 radical (unpaired) electrons. The van der Waals surface area contributed by atoms with E-state index >= 15 is 0 Å². The molecule has 0 aliphatic carbocycles. The van der Waals surface area contributed by atoms with Crippen molar-refractivity contribution in [1.82, 2.24) is 5.32 Å². The van der Waals surface area contributed by atoms with Crippen LogP contribution in [-0.4, -0.2) is 42.0 Å². The first-order valence-electron chi connectivity index (χ1n) is 14.0. The number of carbonyl (C=O) groups excluding carboxylic acids is 1. The quantitative estimate of drug-likeness (QED) is 0.147. The second kappa shape index (κ2) is 15.5. The Kier molecular flexibility index (Phi) is 11.3. The van der Waals surface area contributed by atoms with Gasteiger partial charge in [0.25, 0.3) is 0 Å². The van der Waals surface area contributed by atoms with E-state index in [1.807, 2.05) is 86.7 Å². The standard InChI is InChI=1S/C35H35NO6S/c1-4-40-28-15-17-30(18-16-28)43-23-33(37)36-31(35(38)39)22-25-10-13-29(14-11-25)41-21-20-27-12-19-32(42-34(27)24(2)3)26-8-6-5-7-9-26/h5-18,31H,2,4,20-23H2,1,3H3,(H,36,37)(H,38,39). The second-order valence-corrected chi connectivity index (χ2v) is 10.9. The third kappa shape index (κ3) is 9.43. The molecule has 2 N–H and O–H groups in total. The van der Waals surface area contributed by atoms with E-state index in [9.17, 15) is 14.7 Å². The lowest BCUT2D eigenvalue weighted by Crippen LogP contribution is -2.43. The van der Waals surface area contributed by atoms with E-state index in [-0.39, 0.29) is 18.1 Å². The number of ether oxygens (including phenoxy) is 3. The van der Waals surface area contributed by atoms with Crippen LogP contribution < -0.4 is 14.8 Å². The van der Waals surface area contributed by atoms with Crippen LogP contribution in [0.3, 0.4) is 0 Å². The highest BCUT2D eigenvalue weighted by atomic mass is 32.2. The smallest absolute Gasteiger partial charge is 0.326 e.